The average Bonchev–Trinajstić information content (AvgIpc) is 2.35. The van der Waals surface area contributed by atoms with Crippen LogP contribution in [0.4, 0.5) is 4.39 Å². The van der Waals surface area contributed by atoms with E-state index in [2.05, 4.69) is 19.2 Å². The van der Waals surface area contributed by atoms with Gasteiger partial charge < -0.3 is 5.32 Å². The second kappa shape index (κ2) is 5.91. The molecule has 0 spiro atoms. The number of hydrogen-bond acceptors (Lipinski definition) is 1. The SMILES string of the molecule is CC1CCC(NC(=O)c2cc(Cl)ccc2F)C(C)C1. The number of nitrogens with one attached hydrogen (secondary N) is 1. The van der Waals surface area contributed by atoms with Crippen molar-refractivity contribution in [2.45, 2.75) is 39.2 Å². The van der Waals surface area contributed by atoms with Crippen molar-refractivity contribution in [2.24, 2.45) is 11.8 Å². The quantitative estimate of drug-likeness (QED) is 0.872. The molecule has 3 unspecified atom stereocenters. The van der Waals surface area contributed by atoms with E-state index >= 15 is 0 Å². The number of rotatable bonds is 2. The summed E-state index contributed by atoms with van der Waals surface area (Å²) in [5.41, 5.74) is 0.0262. The summed E-state index contributed by atoms with van der Waals surface area (Å²) in [6.07, 6.45) is 3.16. The zero-order valence-electron chi connectivity index (χ0n) is 11.2. The first kappa shape index (κ1) is 14.3. The highest BCUT2D eigenvalue weighted by Crippen LogP contribution is 2.29. The molecule has 0 aromatic heterocycles. The second-order valence-electron chi connectivity index (χ2n) is 5.60. The third kappa shape index (κ3) is 3.47. The zero-order valence-corrected chi connectivity index (χ0v) is 12.0. The third-order valence-electron chi connectivity index (χ3n) is 3.92. The van der Waals surface area contributed by atoms with E-state index in [1.165, 1.54) is 18.2 Å². The van der Waals surface area contributed by atoms with Crippen LogP contribution in [0.2, 0.25) is 5.02 Å². The van der Waals surface area contributed by atoms with Gasteiger partial charge in [0, 0.05) is 11.1 Å². The molecular weight excluding hydrogens is 265 g/mol. The molecule has 3 atom stereocenters. The van der Waals surface area contributed by atoms with Crippen LogP contribution in [-0.2, 0) is 0 Å². The Balaban J connectivity index is 2.06. The molecule has 1 amide bonds. The highest BCUT2D eigenvalue weighted by atomic mass is 35.5. The Hall–Kier alpha value is -1.09. The van der Waals surface area contributed by atoms with Crippen LogP contribution in [-0.4, -0.2) is 11.9 Å². The highest BCUT2D eigenvalue weighted by Gasteiger charge is 2.27. The van der Waals surface area contributed by atoms with Crippen LogP contribution in [0.3, 0.4) is 0 Å². The van der Waals surface area contributed by atoms with E-state index in [1.807, 2.05) is 0 Å². The van der Waals surface area contributed by atoms with Crippen LogP contribution in [0, 0.1) is 17.7 Å². The molecule has 0 saturated heterocycles. The minimum atomic E-state index is -0.529. The Labute approximate surface area is 118 Å². The predicted octanol–water partition coefficient (Wildman–Crippen LogP) is 4.03. The molecule has 0 heterocycles. The second-order valence-corrected chi connectivity index (χ2v) is 6.04. The maximum absolute atomic E-state index is 13.6. The van der Waals surface area contributed by atoms with Gasteiger partial charge in [-0.15, -0.1) is 0 Å². The van der Waals surface area contributed by atoms with Crippen LogP contribution in [0.25, 0.3) is 0 Å². The van der Waals surface area contributed by atoms with Gasteiger partial charge >= 0.3 is 0 Å². The molecule has 104 valence electrons. The van der Waals surface area contributed by atoms with Crippen LogP contribution in [0.15, 0.2) is 18.2 Å². The predicted molar refractivity (Wildman–Crippen MR) is 74.8 cm³/mol. The summed E-state index contributed by atoms with van der Waals surface area (Å²) in [5.74, 6) is 0.228. The molecule has 1 aliphatic rings. The first-order chi connectivity index (χ1) is 8.97. The van der Waals surface area contributed by atoms with Gasteiger partial charge in [0.25, 0.3) is 5.91 Å². The molecule has 1 saturated carbocycles. The van der Waals surface area contributed by atoms with Gasteiger partial charge in [-0.1, -0.05) is 25.4 Å². The van der Waals surface area contributed by atoms with Crippen LogP contribution in [0.5, 0.6) is 0 Å². The van der Waals surface area contributed by atoms with Crippen LogP contribution < -0.4 is 5.32 Å². The molecule has 0 radical (unpaired) electrons. The Morgan fingerprint density at radius 2 is 2.11 bits per heavy atom. The van der Waals surface area contributed by atoms with Crippen molar-refractivity contribution >= 4 is 17.5 Å². The fourth-order valence-corrected chi connectivity index (χ4v) is 2.97. The maximum Gasteiger partial charge on any atom is 0.254 e. The van der Waals surface area contributed by atoms with E-state index in [9.17, 15) is 9.18 Å². The molecule has 2 nitrogen and oxygen atoms in total. The molecule has 0 aliphatic heterocycles. The van der Waals surface area contributed by atoms with Crippen molar-refractivity contribution in [3.05, 3.63) is 34.6 Å². The Kier molecular flexibility index (Phi) is 4.46. The van der Waals surface area contributed by atoms with Crippen molar-refractivity contribution in [3.63, 3.8) is 0 Å². The highest BCUT2D eigenvalue weighted by molar-refractivity contribution is 6.31. The summed E-state index contributed by atoms with van der Waals surface area (Å²) in [6.45, 7) is 4.36. The number of carbonyl (C=O) groups is 1. The zero-order chi connectivity index (χ0) is 14.0. The summed E-state index contributed by atoms with van der Waals surface area (Å²) < 4.78 is 13.6. The van der Waals surface area contributed by atoms with Gasteiger partial charge in [-0.2, -0.15) is 0 Å². The molecule has 19 heavy (non-hydrogen) atoms. The van der Waals surface area contributed by atoms with Crippen molar-refractivity contribution < 1.29 is 9.18 Å². The van der Waals surface area contributed by atoms with E-state index in [0.717, 1.165) is 19.3 Å². The molecule has 4 heteroatoms. The molecule has 1 aliphatic carbocycles. The smallest absolute Gasteiger partial charge is 0.254 e. The Bertz CT molecular complexity index is 477. The molecule has 1 N–H and O–H groups in total. The summed E-state index contributed by atoms with van der Waals surface area (Å²) in [7, 11) is 0. The number of halogens is 2. The van der Waals surface area contributed by atoms with Gasteiger partial charge in [-0.25, -0.2) is 4.39 Å². The van der Waals surface area contributed by atoms with Crippen LogP contribution in [0.1, 0.15) is 43.5 Å². The summed E-state index contributed by atoms with van der Waals surface area (Å²) in [5, 5.41) is 3.31. The fourth-order valence-electron chi connectivity index (χ4n) is 2.80. The lowest BCUT2D eigenvalue weighted by atomic mass is 9.80. The van der Waals surface area contributed by atoms with Crippen molar-refractivity contribution in [2.75, 3.05) is 0 Å². The lowest BCUT2D eigenvalue weighted by molar-refractivity contribution is 0.0895. The van der Waals surface area contributed by atoms with Crippen molar-refractivity contribution in [1.29, 1.82) is 0 Å². The van der Waals surface area contributed by atoms with E-state index in [0.29, 0.717) is 16.9 Å². The summed E-state index contributed by atoms with van der Waals surface area (Å²) >= 11 is 5.80. The van der Waals surface area contributed by atoms with Gasteiger partial charge in [0.15, 0.2) is 0 Å². The van der Waals surface area contributed by atoms with Gasteiger partial charge in [-0.05, 0) is 49.3 Å². The normalized spacial score (nSPS) is 27.1. The maximum atomic E-state index is 13.6. The molecular formula is C15H19ClFNO. The van der Waals surface area contributed by atoms with Gasteiger partial charge in [0.05, 0.1) is 5.56 Å². The number of amides is 1. The van der Waals surface area contributed by atoms with Crippen molar-refractivity contribution in [3.8, 4) is 0 Å². The summed E-state index contributed by atoms with van der Waals surface area (Å²) in [4.78, 5) is 12.1. The molecule has 2 rings (SSSR count). The minimum Gasteiger partial charge on any atom is -0.349 e. The average molecular weight is 284 g/mol. The number of carbonyl (C=O) groups excluding carboxylic acids is 1. The molecule has 1 fully saturated rings. The van der Waals surface area contributed by atoms with Crippen molar-refractivity contribution in [1.82, 2.24) is 5.32 Å². The molecule has 0 bridgehead atoms. The fraction of sp³-hybridized carbons (Fsp3) is 0.533. The van der Waals surface area contributed by atoms with Gasteiger partial charge in [0.1, 0.15) is 5.82 Å². The first-order valence-electron chi connectivity index (χ1n) is 6.73. The minimum absolute atomic E-state index is 0.0262. The lowest BCUT2D eigenvalue weighted by Crippen LogP contribution is -2.42. The molecule has 1 aromatic carbocycles. The number of benzene rings is 1. The standard InChI is InChI=1S/C15H19ClFNO/c1-9-3-6-14(10(2)7-9)18-15(19)12-8-11(16)4-5-13(12)17/h4-5,8-10,14H,3,6-7H2,1-2H3,(H,18,19). The first-order valence-corrected chi connectivity index (χ1v) is 7.11. The van der Waals surface area contributed by atoms with Gasteiger partial charge in [0.2, 0.25) is 0 Å². The topological polar surface area (TPSA) is 29.1 Å². The molecule has 1 aromatic rings. The number of hydrogen-bond donors (Lipinski definition) is 1. The Morgan fingerprint density at radius 1 is 1.37 bits per heavy atom. The Morgan fingerprint density at radius 3 is 2.79 bits per heavy atom. The monoisotopic (exact) mass is 283 g/mol. The van der Waals surface area contributed by atoms with E-state index in [-0.39, 0.29) is 17.5 Å². The summed E-state index contributed by atoms with van der Waals surface area (Å²) in [6, 6.07) is 4.17. The van der Waals surface area contributed by atoms with E-state index in [4.69, 9.17) is 11.6 Å². The third-order valence-corrected chi connectivity index (χ3v) is 4.16. The van der Waals surface area contributed by atoms with Gasteiger partial charge in [-0.3, -0.25) is 4.79 Å². The van der Waals surface area contributed by atoms with E-state index in [1.54, 1.807) is 0 Å². The van der Waals surface area contributed by atoms with Crippen LogP contribution >= 0.6 is 11.6 Å². The largest absolute Gasteiger partial charge is 0.349 e. The van der Waals surface area contributed by atoms with E-state index < -0.39 is 5.82 Å². The lowest BCUT2D eigenvalue weighted by Gasteiger charge is -2.33.